The second-order valence-electron chi connectivity index (χ2n) is 6.59. The number of nitrogen functional groups attached to an aromatic ring is 1. The summed E-state index contributed by atoms with van der Waals surface area (Å²) in [6.45, 7) is 7.95. The summed E-state index contributed by atoms with van der Waals surface area (Å²) < 4.78 is 0. The molecule has 1 aromatic carbocycles. The number of hydrogen-bond donors (Lipinski definition) is 3. The van der Waals surface area contributed by atoms with Gasteiger partial charge in [0.2, 0.25) is 0 Å². The summed E-state index contributed by atoms with van der Waals surface area (Å²) in [4.78, 5) is 4.34. The normalized spacial score (nSPS) is 13.6. The minimum atomic E-state index is -0.832. The van der Waals surface area contributed by atoms with Crippen molar-refractivity contribution < 1.29 is 5.11 Å². The highest BCUT2D eigenvalue weighted by molar-refractivity contribution is 5.97. The highest BCUT2D eigenvalue weighted by Gasteiger charge is 2.28. The predicted molar refractivity (Wildman–Crippen MR) is 89.3 cm³/mol. The first kappa shape index (κ1) is 15.6. The largest absolute Gasteiger partial charge is 0.396 e. The molecule has 1 atom stereocenters. The third kappa shape index (κ3) is 3.64. The molecule has 1 unspecified atom stereocenters. The highest BCUT2D eigenvalue weighted by Crippen LogP contribution is 2.31. The molecule has 0 aliphatic rings. The first-order valence-electron chi connectivity index (χ1n) is 7.41. The minimum absolute atomic E-state index is 0.0781. The van der Waals surface area contributed by atoms with E-state index in [9.17, 15) is 5.11 Å². The van der Waals surface area contributed by atoms with Gasteiger partial charge in [-0.25, -0.2) is 0 Å². The molecule has 2 aromatic rings. The maximum Gasteiger partial charge on any atom is 0.0791 e. The fourth-order valence-electron chi connectivity index (χ4n) is 2.49. The first-order valence-corrected chi connectivity index (χ1v) is 7.41. The maximum absolute atomic E-state index is 10.4. The summed E-state index contributed by atoms with van der Waals surface area (Å²) in [5.74, 6) is 0.475. The van der Waals surface area contributed by atoms with Crippen molar-refractivity contribution in [3.05, 3.63) is 30.5 Å². The van der Waals surface area contributed by atoms with E-state index in [0.29, 0.717) is 11.6 Å². The van der Waals surface area contributed by atoms with E-state index in [-0.39, 0.29) is 6.04 Å². The molecule has 0 aliphatic heterocycles. The summed E-state index contributed by atoms with van der Waals surface area (Å²) in [7, 11) is 0. The Labute approximate surface area is 126 Å². The number of benzene rings is 1. The molecular formula is C17H25N3O. The quantitative estimate of drug-likeness (QED) is 0.788. The van der Waals surface area contributed by atoms with Gasteiger partial charge in [-0.05, 0) is 32.3 Å². The first-order chi connectivity index (χ1) is 9.79. The van der Waals surface area contributed by atoms with Crippen LogP contribution < -0.4 is 11.1 Å². The summed E-state index contributed by atoms with van der Waals surface area (Å²) in [6, 6.07) is 7.80. The van der Waals surface area contributed by atoms with Crippen LogP contribution in [0.15, 0.2) is 30.5 Å². The Morgan fingerprint density at radius 1 is 1.29 bits per heavy atom. The minimum Gasteiger partial charge on any atom is -0.396 e. The van der Waals surface area contributed by atoms with E-state index in [1.54, 1.807) is 6.20 Å². The average molecular weight is 287 g/mol. The summed E-state index contributed by atoms with van der Waals surface area (Å²) >= 11 is 0. The molecule has 0 fully saturated rings. The molecule has 0 aliphatic carbocycles. The Morgan fingerprint density at radius 3 is 2.57 bits per heavy atom. The van der Waals surface area contributed by atoms with Crippen LogP contribution in [0, 0.1) is 5.92 Å². The molecule has 0 saturated heterocycles. The molecule has 1 heterocycles. The van der Waals surface area contributed by atoms with Crippen LogP contribution in [0.25, 0.3) is 10.9 Å². The highest BCUT2D eigenvalue weighted by atomic mass is 16.3. The van der Waals surface area contributed by atoms with Crippen molar-refractivity contribution in [2.45, 2.75) is 45.8 Å². The van der Waals surface area contributed by atoms with Crippen molar-refractivity contribution in [1.29, 1.82) is 0 Å². The molecule has 0 saturated carbocycles. The van der Waals surface area contributed by atoms with Crippen molar-refractivity contribution in [2.75, 3.05) is 11.1 Å². The van der Waals surface area contributed by atoms with Crippen LogP contribution in [0.2, 0.25) is 0 Å². The monoisotopic (exact) mass is 287 g/mol. The van der Waals surface area contributed by atoms with Crippen molar-refractivity contribution in [2.24, 2.45) is 5.92 Å². The zero-order chi connectivity index (χ0) is 15.6. The van der Waals surface area contributed by atoms with Gasteiger partial charge in [0.1, 0.15) is 0 Å². The zero-order valence-corrected chi connectivity index (χ0v) is 13.2. The molecule has 0 radical (unpaired) electrons. The molecular weight excluding hydrogens is 262 g/mol. The van der Waals surface area contributed by atoms with Gasteiger partial charge < -0.3 is 16.2 Å². The number of anilines is 2. The van der Waals surface area contributed by atoms with E-state index in [0.717, 1.165) is 23.0 Å². The summed E-state index contributed by atoms with van der Waals surface area (Å²) in [6.07, 6.45) is 2.53. The van der Waals surface area contributed by atoms with E-state index in [1.807, 2.05) is 38.1 Å². The molecule has 1 aromatic heterocycles. The van der Waals surface area contributed by atoms with Gasteiger partial charge >= 0.3 is 0 Å². The van der Waals surface area contributed by atoms with E-state index in [1.165, 1.54) is 0 Å². The van der Waals surface area contributed by atoms with Crippen molar-refractivity contribution in [1.82, 2.24) is 4.98 Å². The molecule has 4 nitrogen and oxygen atoms in total. The molecule has 114 valence electrons. The summed E-state index contributed by atoms with van der Waals surface area (Å²) in [5.41, 5.74) is 7.63. The number of aromatic nitrogens is 1. The fraction of sp³-hybridized carbons (Fsp3) is 0.471. The fourth-order valence-corrected chi connectivity index (χ4v) is 2.49. The third-order valence-corrected chi connectivity index (χ3v) is 3.68. The number of para-hydroxylation sites is 1. The van der Waals surface area contributed by atoms with Gasteiger partial charge in [0.15, 0.2) is 0 Å². The number of rotatable bonds is 5. The van der Waals surface area contributed by atoms with Crippen LogP contribution in [0.3, 0.4) is 0 Å². The van der Waals surface area contributed by atoms with Crippen LogP contribution in [0.5, 0.6) is 0 Å². The second-order valence-corrected chi connectivity index (χ2v) is 6.59. The standard InChI is InChI=1S/C17H25N3O/c1-11(2)9-15(17(3,4)21)20-16-12-7-5-6-8-14(12)19-10-13(16)18/h5-8,10-11,15,21H,9,18H2,1-4H3,(H,19,20). The van der Waals surface area contributed by atoms with Crippen LogP contribution in [0.4, 0.5) is 11.4 Å². The lowest BCUT2D eigenvalue weighted by Gasteiger charge is -2.33. The van der Waals surface area contributed by atoms with Gasteiger partial charge in [0, 0.05) is 5.39 Å². The Kier molecular flexibility index (Phi) is 4.37. The molecule has 4 N–H and O–H groups in total. The number of aliphatic hydroxyl groups is 1. The van der Waals surface area contributed by atoms with E-state index in [4.69, 9.17) is 5.73 Å². The number of pyridine rings is 1. The number of nitrogens with one attached hydrogen (secondary N) is 1. The zero-order valence-electron chi connectivity index (χ0n) is 13.2. The molecule has 0 spiro atoms. The van der Waals surface area contributed by atoms with Crippen LogP contribution in [-0.2, 0) is 0 Å². The van der Waals surface area contributed by atoms with Gasteiger partial charge in [0.05, 0.1) is 34.7 Å². The second kappa shape index (κ2) is 5.90. The Morgan fingerprint density at radius 2 is 1.95 bits per heavy atom. The van der Waals surface area contributed by atoms with E-state index in [2.05, 4.69) is 24.1 Å². The van der Waals surface area contributed by atoms with Gasteiger partial charge in [-0.15, -0.1) is 0 Å². The molecule has 0 amide bonds. The van der Waals surface area contributed by atoms with Crippen LogP contribution in [-0.4, -0.2) is 21.7 Å². The summed E-state index contributed by atoms with van der Waals surface area (Å²) in [5, 5.41) is 14.9. The van der Waals surface area contributed by atoms with Gasteiger partial charge in [-0.1, -0.05) is 32.0 Å². The molecule has 0 bridgehead atoms. The smallest absolute Gasteiger partial charge is 0.0791 e. The molecule has 4 heteroatoms. The van der Waals surface area contributed by atoms with E-state index >= 15 is 0 Å². The Hall–Kier alpha value is -1.81. The van der Waals surface area contributed by atoms with Gasteiger partial charge in [-0.3, -0.25) is 4.98 Å². The van der Waals surface area contributed by atoms with Gasteiger partial charge in [-0.2, -0.15) is 0 Å². The average Bonchev–Trinajstić information content (AvgIpc) is 2.39. The predicted octanol–water partition coefficient (Wildman–Crippen LogP) is 3.41. The lowest BCUT2D eigenvalue weighted by molar-refractivity contribution is 0.0523. The van der Waals surface area contributed by atoms with Gasteiger partial charge in [0.25, 0.3) is 0 Å². The number of fused-ring (bicyclic) bond motifs is 1. The Balaban J connectivity index is 2.43. The number of nitrogens with zero attached hydrogens (tertiary/aromatic N) is 1. The number of hydrogen-bond acceptors (Lipinski definition) is 4. The lowest BCUT2D eigenvalue weighted by Crippen LogP contribution is -2.43. The maximum atomic E-state index is 10.4. The molecule has 21 heavy (non-hydrogen) atoms. The molecule has 2 rings (SSSR count). The van der Waals surface area contributed by atoms with Crippen molar-refractivity contribution in [3.63, 3.8) is 0 Å². The van der Waals surface area contributed by atoms with Crippen LogP contribution >= 0.6 is 0 Å². The van der Waals surface area contributed by atoms with Crippen molar-refractivity contribution >= 4 is 22.3 Å². The van der Waals surface area contributed by atoms with E-state index < -0.39 is 5.60 Å². The van der Waals surface area contributed by atoms with Crippen LogP contribution in [0.1, 0.15) is 34.1 Å². The van der Waals surface area contributed by atoms with Crippen molar-refractivity contribution in [3.8, 4) is 0 Å². The third-order valence-electron chi connectivity index (χ3n) is 3.68. The number of nitrogens with two attached hydrogens (primary N) is 1. The lowest BCUT2D eigenvalue weighted by atomic mass is 9.90. The Bertz CT molecular complexity index is 617. The SMILES string of the molecule is CC(C)CC(Nc1c(N)cnc2ccccc12)C(C)(C)O. The topological polar surface area (TPSA) is 71.2 Å².